The molecular weight excluding hydrogens is 478 g/mol. The van der Waals surface area contributed by atoms with Crippen LogP contribution in [0.15, 0.2) is 12.5 Å². The molecule has 1 aromatic heterocycles. The van der Waals surface area contributed by atoms with E-state index in [4.69, 9.17) is 4.74 Å². The second-order valence-corrected chi connectivity index (χ2v) is 10.5. The fourth-order valence-electron chi connectivity index (χ4n) is 4.12. The van der Waals surface area contributed by atoms with E-state index < -0.39 is 12.0 Å². The number of carbonyl (C=O) groups excluding carboxylic acids is 3. The van der Waals surface area contributed by atoms with Crippen LogP contribution >= 0.6 is 11.8 Å². The van der Waals surface area contributed by atoms with Crippen LogP contribution < -0.4 is 5.32 Å². The molecule has 0 saturated carbocycles. The van der Waals surface area contributed by atoms with Crippen molar-refractivity contribution in [2.24, 2.45) is 0 Å². The van der Waals surface area contributed by atoms with E-state index in [1.54, 1.807) is 11.8 Å². The van der Waals surface area contributed by atoms with Crippen molar-refractivity contribution in [3.8, 4) is 0 Å². The number of nitrogens with zero attached hydrogens (tertiary/aromatic N) is 1. The molecule has 0 aliphatic heterocycles. The molecule has 0 aromatic carbocycles. The number of rotatable bonds is 22. The SMILES string of the molecule is CCCCCCCCC(CCCCCCCCC(=O)OC)SCC(=O)N[C@H](C(=O)OC)c1cnc[nH]1. The second-order valence-electron chi connectivity index (χ2n) is 9.26. The van der Waals surface area contributed by atoms with Crippen LogP contribution in [0.25, 0.3) is 0 Å². The Morgan fingerprint density at radius 3 is 2.08 bits per heavy atom. The second kappa shape index (κ2) is 21.1. The van der Waals surface area contributed by atoms with Gasteiger partial charge in [-0.05, 0) is 19.3 Å². The molecule has 0 fully saturated rings. The smallest absolute Gasteiger partial charge is 0.334 e. The van der Waals surface area contributed by atoms with Gasteiger partial charge in [0.05, 0.1) is 38.2 Å². The molecule has 1 rings (SSSR count). The molecule has 1 amide bonds. The highest BCUT2D eigenvalue weighted by molar-refractivity contribution is 8.00. The number of hydrogen-bond acceptors (Lipinski definition) is 7. The molecule has 0 bridgehead atoms. The van der Waals surface area contributed by atoms with Crippen LogP contribution in [0.2, 0.25) is 0 Å². The van der Waals surface area contributed by atoms with E-state index >= 15 is 0 Å². The number of H-pyrrole nitrogens is 1. The summed E-state index contributed by atoms with van der Waals surface area (Å²) in [6, 6.07) is -0.873. The summed E-state index contributed by atoms with van der Waals surface area (Å²) in [5.74, 6) is -0.511. The maximum atomic E-state index is 12.7. The molecule has 0 spiro atoms. The van der Waals surface area contributed by atoms with Gasteiger partial charge in [-0.2, -0.15) is 0 Å². The fourth-order valence-corrected chi connectivity index (χ4v) is 5.25. The summed E-state index contributed by atoms with van der Waals surface area (Å²) in [6.45, 7) is 2.23. The lowest BCUT2D eigenvalue weighted by molar-refractivity contribution is -0.145. The Labute approximate surface area is 221 Å². The lowest BCUT2D eigenvalue weighted by Crippen LogP contribution is -2.36. The fraction of sp³-hybridized carbons (Fsp3) is 0.778. The van der Waals surface area contributed by atoms with Crippen LogP contribution in [-0.2, 0) is 23.9 Å². The van der Waals surface area contributed by atoms with Gasteiger partial charge in [0, 0.05) is 11.7 Å². The van der Waals surface area contributed by atoms with Crippen LogP contribution in [0, 0.1) is 0 Å². The third-order valence-corrected chi connectivity index (χ3v) is 7.66. The van der Waals surface area contributed by atoms with E-state index in [9.17, 15) is 14.4 Å². The van der Waals surface area contributed by atoms with Crippen molar-refractivity contribution in [2.45, 2.75) is 115 Å². The number of esters is 2. The minimum absolute atomic E-state index is 0.129. The molecular formula is C27H47N3O5S. The van der Waals surface area contributed by atoms with Crippen molar-refractivity contribution in [3.63, 3.8) is 0 Å². The Kier molecular flexibility index (Phi) is 18.7. The maximum Gasteiger partial charge on any atom is 0.334 e. The first-order valence-corrected chi connectivity index (χ1v) is 14.6. The Morgan fingerprint density at radius 1 is 0.917 bits per heavy atom. The van der Waals surface area contributed by atoms with Gasteiger partial charge in [0.1, 0.15) is 0 Å². The first-order valence-electron chi connectivity index (χ1n) is 13.6. The number of nitrogens with one attached hydrogen (secondary N) is 2. The minimum Gasteiger partial charge on any atom is -0.469 e. The minimum atomic E-state index is -0.873. The number of hydrogen-bond donors (Lipinski definition) is 2. The van der Waals surface area contributed by atoms with Crippen molar-refractivity contribution in [3.05, 3.63) is 18.2 Å². The molecule has 0 aliphatic rings. The predicted octanol–water partition coefficient (Wildman–Crippen LogP) is 5.89. The number of aromatic nitrogens is 2. The number of carbonyl (C=O) groups is 3. The van der Waals surface area contributed by atoms with E-state index in [1.165, 1.54) is 78.1 Å². The van der Waals surface area contributed by atoms with Gasteiger partial charge in [0.2, 0.25) is 5.91 Å². The third-order valence-electron chi connectivity index (χ3n) is 6.29. The summed E-state index contributed by atoms with van der Waals surface area (Å²) >= 11 is 1.69. The van der Waals surface area contributed by atoms with E-state index in [-0.39, 0.29) is 11.9 Å². The molecule has 0 aliphatic carbocycles. The number of thioether (sulfide) groups is 1. The molecule has 2 atom stereocenters. The molecule has 2 N–H and O–H groups in total. The van der Waals surface area contributed by atoms with Gasteiger partial charge in [0.15, 0.2) is 6.04 Å². The van der Waals surface area contributed by atoms with Crippen molar-refractivity contribution in [1.29, 1.82) is 0 Å². The average Bonchev–Trinajstić information content (AvgIpc) is 3.42. The van der Waals surface area contributed by atoms with E-state index in [0.717, 1.165) is 38.5 Å². The predicted molar refractivity (Wildman–Crippen MR) is 145 cm³/mol. The van der Waals surface area contributed by atoms with Gasteiger partial charge >= 0.3 is 11.9 Å². The van der Waals surface area contributed by atoms with Gasteiger partial charge in [-0.3, -0.25) is 9.59 Å². The molecule has 0 radical (unpaired) electrons. The summed E-state index contributed by atoms with van der Waals surface area (Å²) in [5, 5.41) is 3.22. The number of unbranched alkanes of at least 4 members (excludes halogenated alkanes) is 10. The van der Waals surface area contributed by atoms with Crippen LogP contribution in [0.1, 0.15) is 115 Å². The topological polar surface area (TPSA) is 110 Å². The normalized spacial score (nSPS) is 12.6. The van der Waals surface area contributed by atoms with Crippen molar-refractivity contribution in [2.75, 3.05) is 20.0 Å². The van der Waals surface area contributed by atoms with Gasteiger partial charge in [-0.15, -0.1) is 11.8 Å². The molecule has 1 heterocycles. The molecule has 9 heteroatoms. The first kappa shape index (κ1) is 32.0. The largest absolute Gasteiger partial charge is 0.469 e. The Hall–Kier alpha value is -2.03. The molecule has 1 aromatic rings. The number of methoxy groups -OCH3 is 2. The highest BCUT2D eigenvalue weighted by Crippen LogP contribution is 2.25. The van der Waals surface area contributed by atoms with Crippen molar-refractivity contribution >= 4 is 29.6 Å². The molecule has 0 saturated heterocycles. The van der Waals surface area contributed by atoms with Gasteiger partial charge < -0.3 is 19.8 Å². The lowest BCUT2D eigenvalue weighted by Gasteiger charge is -2.18. The maximum absolute atomic E-state index is 12.7. The monoisotopic (exact) mass is 525 g/mol. The lowest BCUT2D eigenvalue weighted by atomic mass is 10.0. The Balaban J connectivity index is 2.42. The van der Waals surface area contributed by atoms with E-state index in [0.29, 0.717) is 23.1 Å². The van der Waals surface area contributed by atoms with Crippen molar-refractivity contribution in [1.82, 2.24) is 15.3 Å². The summed E-state index contributed by atoms with van der Waals surface area (Å²) in [5.41, 5.74) is 0.510. The van der Waals surface area contributed by atoms with Gasteiger partial charge in [-0.25, -0.2) is 9.78 Å². The number of ether oxygens (including phenoxy) is 2. The summed E-state index contributed by atoms with van der Waals surface area (Å²) in [6.07, 6.45) is 19.8. The zero-order valence-electron chi connectivity index (χ0n) is 22.5. The van der Waals surface area contributed by atoms with Crippen LogP contribution in [-0.4, -0.2) is 53.0 Å². The standard InChI is InChI=1S/C27H47N3O5S/c1-4-5-6-7-10-13-16-22(17-14-11-8-9-12-15-18-25(32)34-2)36-20-24(31)30-26(27(33)35-3)23-19-28-21-29-23/h19,21-22,26H,4-18,20H2,1-3H3,(H,28,29)(H,30,31)/t22?,26-/m0/s1. The Bertz CT molecular complexity index is 714. The van der Waals surface area contributed by atoms with Crippen LogP contribution in [0.5, 0.6) is 0 Å². The highest BCUT2D eigenvalue weighted by Gasteiger charge is 2.25. The van der Waals surface area contributed by atoms with Gasteiger partial charge in [-0.1, -0.05) is 77.6 Å². The van der Waals surface area contributed by atoms with E-state index in [2.05, 4.69) is 26.9 Å². The van der Waals surface area contributed by atoms with Gasteiger partial charge in [0.25, 0.3) is 0 Å². The number of aromatic amines is 1. The third kappa shape index (κ3) is 15.2. The molecule has 206 valence electrons. The summed E-state index contributed by atoms with van der Waals surface area (Å²) in [7, 11) is 2.74. The number of imidazole rings is 1. The first-order chi connectivity index (χ1) is 17.5. The van der Waals surface area contributed by atoms with Crippen molar-refractivity contribution < 1.29 is 23.9 Å². The average molecular weight is 526 g/mol. The zero-order chi connectivity index (χ0) is 26.4. The molecule has 8 nitrogen and oxygen atoms in total. The Morgan fingerprint density at radius 2 is 1.53 bits per heavy atom. The molecule has 1 unspecified atom stereocenters. The number of amides is 1. The van der Waals surface area contributed by atoms with E-state index in [1.807, 2.05) is 0 Å². The summed E-state index contributed by atoms with van der Waals surface area (Å²) < 4.78 is 9.52. The van der Waals surface area contributed by atoms with Crippen LogP contribution in [0.4, 0.5) is 0 Å². The molecule has 36 heavy (non-hydrogen) atoms. The quantitative estimate of drug-likeness (QED) is 0.143. The summed E-state index contributed by atoms with van der Waals surface area (Å²) in [4.78, 5) is 42.8. The zero-order valence-corrected chi connectivity index (χ0v) is 23.3. The highest BCUT2D eigenvalue weighted by atomic mass is 32.2. The van der Waals surface area contributed by atoms with Crippen LogP contribution in [0.3, 0.4) is 0 Å².